The number of hydrogen-bond donors (Lipinski definition) is 3. The van der Waals surface area contributed by atoms with E-state index in [1.54, 1.807) is 6.92 Å². The SMILES string of the molecule is CC(=O)Nc1c[nH]c2ccc(CCC3CCNCC3)cc12. The molecule has 0 bridgehead atoms. The number of hydrogen-bond acceptors (Lipinski definition) is 2. The molecule has 1 amide bonds. The summed E-state index contributed by atoms with van der Waals surface area (Å²) in [6.07, 6.45) is 6.83. The maximum absolute atomic E-state index is 11.2. The molecule has 21 heavy (non-hydrogen) atoms. The Kier molecular flexibility index (Phi) is 4.25. The van der Waals surface area contributed by atoms with E-state index in [-0.39, 0.29) is 5.91 Å². The number of benzene rings is 1. The summed E-state index contributed by atoms with van der Waals surface area (Å²) in [5.74, 6) is 0.819. The van der Waals surface area contributed by atoms with Crippen molar-refractivity contribution in [1.29, 1.82) is 0 Å². The molecule has 0 unspecified atom stereocenters. The Morgan fingerprint density at radius 2 is 2.14 bits per heavy atom. The van der Waals surface area contributed by atoms with E-state index in [0.717, 1.165) is 42.0 Å². The summed E-state index contributed by atoms with van der Waals surface area (Å²) >= 11 is 0. The molecule has 2 heterocycles. The van der Waals surface area contributed by atoms with Gasteiger partial charge in [0.25, 0.3) is 0 Å². The molecule has 4 nitrogen and oxygen atoms in total. The molecule has 1 aliphatic heterocycles. The van der Waals surface area contributed by atoms with E-state index in [9.17, 15) is 4.79 Å². The van der Waals surface area contributed by atoms with Crippen LogP contribution in [0.2, 0.25) is 0 Å². The Hall–Kier alpha value is -1.81. The molecule has 1 aromatic heterocycles. The second kappa shape index (κ2) is 6.31. The molecular weight excluding hydrogens is 262 g/mol. The first kappa shape index (κ1) is 14.1. The number of H-pyrrole nitrogens is 1. The average Bonchev–Trinajstić information content (AvgIpc) is 2.88. The first-order valence-corrected chi connectivity index (χ1v) is 7.80. The van der Waals surface area contributed by atoms with Gasteiger partial charge in [0.2, 0.25) is 5.91 Å². The minimum absolute atomic E-state index is 0.0315. The summed E-state index contributed by atoms with van der Waals surface area (Å²) in [7, 11) is 0. The minimum Gasteiger partial charge on any atom is -0.359 e. The van der Waals surface area contributed by atoms with E-state index in [4.69, 9.17) is 0 Å². The summed E-state index contributed by atoms with van der Waals surface area (Å²) in [6.45, 7) is 3.86. The van der Waals surface area contributed by atoms with Crippen molar-refractivity contribution in [3.63, 3.8) is 0 Å². The Labute approximate surface area is 125 Å². The largest absolute Gasteiger partial charge is 0.359 e. The van der Waals surface area contributed by atoms with Crippen LogP contribution in [0.15, 0.2) is 24.4 Å². The number of rotatable bonds is 4. The van der Waals surface area contributed by atoms with Gasteiger partial charge in [0.15, 0.2) is 0 Å². The summed E-state index contributed by atoms with van der Waals surface area (Å²) in [4.78, 5) is 14.4. The first-order valence-electron chi connectivity index (χ1n) is 7.80. The van der Waals surface area contributed by atoms with Crippen LogP contribution >= 0.6 is 0 Å². The van der Waals surface area contributed by atoms with Crippen LogP contribution in [0.5, 0.6) is 0 Å². The lowest BCUT2D eigenvalue weighted by Gasteiger charge is -2.22. The van der Waals surface area contributed by atoms with Crippen LogP contribution < -0.4 is 10.6 Å². The number of aryl methyl sites for hydroxylation is 1. The quantitative estimate of drug-likeness (QED) is 0.808. The lowest BCUT2D eigenvalue weighted by atomic mass is 9.91. The van der Waals surface area contributed by atoms with Crippen LogP contribution in [0.4, 0.5) is 5.69 Å². The highest BCUT2D eigenvalue weighted by Gasteiger charge is 2.13. The first-order chi connectivity index (χ1) is 10.2. The van der Waals surface area contributed by atoms with Crippen LogP contribution in [-0.2, 0) is 11.2 Å². The van der Waals surface area contributed by atoms with Crippen molar-refractivity contribution in [2.75, 3.05) is 18.4 Å². The van der Waals surface area contributed by atoms with Gasteiger partial charge in [0, 0.05) is 24.0 Å². The van der Waals surface area contributed by atoms with Gasteiger partial charge in [-0.1, -0.05) is 6.07 Å². The number of amides is 1. The fraction of sp³-hybridized carbons (Fsp3) is 0.471. The molecule has 3 N–H and O–H groups in total. The number of carbonyl (C=O) groups is 1. The number of fused-ring (bicyclic) bond motifs is 1. The molecule has 0 atom stereocenters. The normalized spacial score (nSPS) is 16.2. The highest BCUT2D eigenvalue weighted by molar-refractivity contribution is 6.01. The zero-order valence-corrected chi connectivity index (χ0v) is 12.5. The van der Waals surface area contributed by atoms with Gasteiger partial charge >= 0.3 is 0 Å². The Balaban J connectivity index is 1.71. The third-order valence-corrected chi connectivity index (χ3v) is 4.36. The van der Waals surface area contributed by atoms with Crippen LogP contribution in [-0.4, -0.2) is 24.0 Å². The zero-order valence-electron chi connectivity index (χ0n) is 12.5. The highest BCUT2D eigenvalue weighted by Crippen LogP contribution is 2.26. The lowest BCUT2D eigenvalue weighted by molar-refractivity contribution is -0.114. The summed E-state index contributed by atoms with van der Waals surface area (Å²) in [5.41, 5.74) is 3.30. The molecule has 0 spiro atoms. The second-order valence-electron chi connectivity index (χ2n) is 6.00. The van der Waals surface area contributed by atoms with E-state index in [1.165, 1.54) is 24.8 Å². The van der Waals surface area contributed by atoms with E-state index >= 15 is 0 Å². The lowest BCUT2D eigenvalue weighted by Crippen LogP contribution is -2.27. The molecule has 112 valence electrons. The zero-order chi connectivity index (χ0) is 14.7. The van der Waals surface area contributed by atoms with Crippen molar-refractivity contribution < 1.29 is 4.79 Å². The number of anilines is 1. The molecule has 1 fully saturated rings. The van der Waals surface area contributed by atoms with E-state index in [2.05, 4.69) is 33.8 Å². The minimum atomic E-state index is -0.0315. The maximum Gasteiger partial charge on any atom is 0.221 e. The van der Waals surface area contributed by atoms with Crippen molar-refractivity contribution in [3.8, 4) is 0 Å². The van der Waals surface area contributed by atoms with Gasteiger partial charge in [-0.05, 0) is 62.4 Å². The highest BCUT2D eigenvalue weighted by atomic mass is 16.1. The Bertz CT molecular complexity index is 626. The summed E-state index contributed by atoms with van der Waals surface area (Å²) in [6, 6.07) is 6.51. The standard InChI is InChI=1S/C17H23N3O/c1-12(21)20-17-11-19-16-5-4-14(10-15(16)17)3-2-13-6-8-18-9-7-13/h4-5,10-11,13,18-19H,2-3,6-9H2,1H3,(H,20,21). The van der Waals surface area contributed by atoms with Crippen LogP contribution in [0, 0.1) is 5.92 Å². The van der Waals surface area contributed by atoms with Crippen LogP contribution in [0.25, 0.3) is 10.9 Å². The molecule has 1 saturated heterocycles. The van der Waals surface area contributed by atoms with Crippen molar-refractivity contribution >= 4 is 22.5 Å². The predicted molar refractivity (Wildman–Crippen MR) is 86.5 cm³/mol. The van der Waals surface area contributed by atoms with Crippen molar-refractivity contribution in [3.05, 3.63) is 30.0 Å². The van der Waals surface area contributed by atoms with Gasteiger partial charge in [-0.25, -0.2) is 0 Å². The third kappa shape index (κ3) is 3.45. The fourth-order valence-corrected chi connectivity index (χ4v) is 3.16. The number of aromatic amines is 1. The van der Waals surface area contributed by atoms with E-state index in [0.29, 0.717) is 0 Å². The molecule has 1 aromatic carbocycles. The summed E-state index contributed by atoms with van der Waals surface area (Å²) in [5, 5.41) is 7.40. The topological polar surface area (TPSA) is 56.9 Å². The average molecular weight is 285 g/mol. The molecule has 3 rings (SSSR count). The molecule has 4 heteroatoms. The monoisotopic (exact) mass is 285 g/mol. The molecule has 1 aliphatic rings. The number of piperidine rings is 1. The molecule has 0 saturated carbocycles. The second-order valence-corrected chi connectivity index (χ2v) is 6.00. The van der Waals surface area contributed by atoms with Gasteiger partial charge in [0.05, 0.1) is 5.69 Å². The van der Waals surface area contributed by atoms with Crippen LogP contribution in [0.3, 0.4) is 0 Å². The Morgan fingerprint density at radius 3 is 2.90 bits per heavy atom. The summed E-state index contributed by atoms with van der Waals surface area (Å²) < 4.78 is 0. The maximum atomic E-state index is 11.2. The molecule has 0 aliphatic carbocycles. The molecular formula is C17H23N3O. The van der Waals surface area contributed by atoms with Crippen LogP contribution in [0.1, 0.15) is 31.7 Å². The van der Waals surface area contributed by atoms with Crippen molar-refractivity contribution in [2.45, 2.75) is 32.6 Å². The smallest absolute Gasteiger partial charge is 0.221 e. The van der Waals surface area contributed by atoms with Gasteiger partial charge in [-0.15, -0.1) is 0 Å². The van der Waals surface area contributed by atoms with Gasteiger partial charge in [-0.2, -0.15) is 0 Å². The van der Waals surface area contributed by atoms with Gasteiger partial charge < -0.3 is 15.6 Å². The van der Waals surface area contributed by atoms with Gasteiger partial charge in [0.1, 0.15) is 0 Å². The van der Waals surface area contributed by atoms with E-state index in [1.807, 2.05) is 6.20 Å². The molecule has 0 radical (unpaired) electrons. The van der Waals surface area contributed by atoms with Crippen molar-refractivity contribution in [2.24, 2.45) is 5.92 Å². The predicted octanol–water partition coefficient (Wildman–Crippen LogP) is 3.06. The van der Waals surface area contributed by atoms with Gasteiger partial charge in [-0.3, -0.25) is 4.79 Å². The number of aromatic nitrogens is 1. The molecule has 2 aromatic rings. The number of carbonyl (C=O) groups excluding carboxylic acids is 1. The third-order valence-electron chi connectivity index (χ3n) is 4.36. The van der Waals surface area contributed by atoms with E-state index < -0.39 is 0 Å². The fourth-order valence-electron chi connectivity index (χ4n) is 3.16. The van der Waals surface area contributed by atoms with Crippen molar-refractivity contribution in [1.82, 2.24) is 10.3 Å². The number of nitrogens with one attached hydrogen (secondary N) is 3. The Morgan fingerprint density at radius 1 is 1.33 bits per heavy atom.